The van der Waals surface area contributed by atoms with Gasteiger partial charge in [0.1, 0.15) is 5.84 Å². The number of carbonyl (C=O) groups is 1. The Kier molecular flexibility index (Phi) is 8.86. The quantitative estimate of drug-likeness (QED) is 0.456. The van der Waals surface area contributed by atoms with Gasteiger partial charge >= 0.3 is 6.02 Å². The van der Waals surface area contributed by atoms with Gasteiger partial charge in [-0.1, -0.05) is 43.3 Å². The number of amidine groups is 2. The van der Waals surface area contributed by atoms with Crippen molar-refractivity contribution >= 4 is 45.8 Å². The number of piperazine rings is 1. The van der Waals surface area contributed by atoms with Crippen LogP contribution in [0.2, 0.25) is 0 Å². The minimum absolute atomic E-state index is 0.0106. The minimum atomic E-state index is 0.0106. The lowest BCUT2D eigenvalue weighted by molar-refractivity contribution is -0.127. The van der Waals surface area contributed by atoms with Gasteiger partial charge in [0.15, 0.2) is 0 Å². The van der Waals surface area contributed by atoms with E-state index in [1.807, 2.05) is 4.90 Å². The third-order valence-electron chi connectivity index (χ3n) is 6.98. The van der Waals surface area contributed by atoms with Crippen molar-refractivity contribution in [2.24, 2.45) is 15.9 Å². The van der Waals surface area contributed by atoms with E-state index in [9.17, 15) is 4.79 Å². The largest absolute Gasteiger partial charge is 0.467 e. The van der Waals surface area contributed by atoms with Crippen molar-refractivity contribution < 1.29 is 9.53 Å². The zero-order chi connectivity index (χ0) is 25.5. The number of aliphatic imine (C=N–C) groups is 2. The van der Waals surface area contributed by atoms with Crippen LogP contribution in [0.15, 0.2) is 58.5 Å². The Morgan fingerprint density at radius 3 is 2.56 bits per heavy atom. The summed E-state index contributed by atoms with van der Waals surface area (Å²) in [5.74, 6) is 1.54. The second-order valence-electron chi connectivity index (χ2n) is 9.33. The number of halogens is 1. The number of rotatable bonds is 3. The van der Waals surface area contributed by atoms with Gasteiger partial charge in [0.05, 0.1) is 13.7 Å². The molecular weight excluding hydrogens is 474 g/mol. The summed E-state index contributed by atoms with van der Waals surface area (Å²) in [6.45, 7) is 9.47. The third-order valence-corrected chi connectivity index (χ3v) is 7.16. The highest BCUT2D eigenvalue weighted by Gasteiger charge is 2.26. The molecule has 4 rings (SSSR count). The van der Waals surface area contributed by atoms with Gasteiger partial charge < -0.3 is 19.4 Å². The molecule has 1 fully saturated rings. The fourth-order valence-electron chi connectivity index (χ4n) is 5.01. The number of fused-ring (bicyclic) bond motifs is 1. The lowest BCUT2D eigenvalue weighted by Crippen LogP contribution is -2.52. The van der Waals surface area contributed by atoms with Gasteiger partial charge in [-0.2, -0.15) is 4.99 Å². The first-order chi connectivity index (χ1) is 17.5. The van der Waals surface area contributed by atoms with Gasteiger partial charge in [0.25, 0.3) is 0 Å². The first-order valence-electron chi connectivity index (χ1n) is 12.7. The van der Waals surface area contributed by atoms with Crippen molar-refractivity contribution in [3.63, 3.8) is 0 Å². The average molecular weight is 510 g/mol. The molecule has 0 aromatic heterocycles. The average Bonchev–Trinajstić information content (AvgIpc) is 2.90. The summed E-state index contributed by atoms with van der Waals surface area (Å²) >= 11 is 5.68. The number of carbonyl (C=O) groups excluding carboxylic acids is 1. The van der Waals surface area contributed by atoms with Crippen molar-refractivity contribution in [2.45, 2.75) is 20.3 Å². The molecule has 0 radical (unpaired) electrons. The molecule has 0 aliphatic carbocycles. The lowest BCUT2D eigenvalue weighted by atomic mass is 10.0. The molecule has 2 aliphatic rings. The highest BCUT2D eigenvalue weighted by molar-refractivity contribution is 6.19. The van der Waals surface area contributed by atoms with Gasteiger partial charge in [-0.25, -0.2) is 4.99 Å². The first kappa shape index (κ1) is 26.0. The summed E-state index contributed by atoms with van der Waals surface area (Å²) < 4.78 is 5.56. The van der Waals surface area contributed by atoms with Crippen LogP contribution in [0.4, 0.5) is 5.69 Å². The van der Waals surface area contributed by atoms with Crippen molar-refractivity contribution in [1.82, 2.24) is 9.80 Å². The number of benzene rings is 2. The highest BCUT2D eigenvalue weighted by atomic mass is 35.5. The van der Waals surface area contributed by atoms with Gasteiger partial charge in [-0.3, -0.25) is 4.79 Å². The van der Waals surface area contributed by atoms with Gasteiger partial charge in [0, 0.05) is 68.2 Å². The summed E-state index contributed by atoms with van der Waals surface area (Å²) in [5, 5.41) is 2.56. The fraction of sp³-hybridized carbons (Fsp3) is 0.464. The molecule has 0 saturated carbocycles. The molecule has 2 heterocycles. The minimum Gasteiger partial charge on any atom is -0.467 e. The predicted molar refractivity (Wildman–Crippen MR) is 149 cm³/mol. The van der Waals surface area contributed by atoms with Crippen LogP contribution in [-0.2, 0) is 9.53 Å². The number of methoxy groups -OCH3 is 1. The molecule has 7 nitrogen and oxygen atoms in total. The number of amides is 1. The van der Waals surface area contributed by atoms with Crippen molar-refractivity contribution in [1.29, 1.82) is 0 Å². The monoisotopic (exact) mass is 509 g/mol. The molecule has 1 amide bonds. The van der Waals surface area contributed by atoms with Crippen LogP contribution < -0.4 is 4.90 Å². The molecule has 192 valence electrons. The molecule has 36 heavy (non-hydrogen) atoms. The fourth-order valence-corrected chi connectivity index (χ4v) is 5.10. The molecule has 2 aromatic carbocycles. The zero-order valence-corrected chi connectivity index (χ0v) is 22.2. The van der Waals surface area contributed by atoms with E-state index in [-0.39, 0.29) is 11.8 Å². The Bertz CT molecular complexity index is 1150. The standard InChI is InChI=1S/C28H36ClN5O2/c1-21-7-4-8-23-9-5-10-24(26(21)23)32-15-12-22(2)27(31-28(36-3)30-14-16-32)34-19-17-33(18-20-34)25(35)11-6-13-29/h4-11,22H,12-20H2,1-3H3/b11-6+,30-28+,31-27+. The van der Waals surface area contributed by atoms with Crippen LogP contribution in [0.3, 0.4) is 0 Å². The normalized spacial score (nSPS) is 22.8. The topological polar surface area (TPSA) is 60.7 Å². The van der Waals surface area contributed by atoms with Gasteiger partial charge in [-0.05, 0) is 30.4 Å². The molecule has 0 bridgehead atoms. The van der Waals surface area contributed by atoms with Crippen LogP contribution in [0.5, 0.6) is 0 Å². The lowest BCUT2D eigenvalue weighted by Gasteiger charge is -2.38. The van der Waals surface area contributed by atoms with Gasteiger partial charge in [-0.15, -0.1) is 11.6 Å². The van der Waals surface area contributed by atoms with Crippen molar-refractivity contribution in [3.8, 4) is 0 Å². The van der Waals surface area contributed by atoms with Crippen LogP contribution in [0.1, 0.15) is 18.9 Å². The zero-order valence-electron chi connectivity index (χ0n) is 21.5. The second-order valence-corrected chi connectivity index (χ2v) is 9.64. The van der Waals surface area contributed by atoms with Crippen LogP contribution in [0.25, 0.3) is 10.8 Å². The van der Waals surface area contributed by atoms with Crippen molar-refractivity contribution in [3.05, 3.63) is 54.1 Å². The van der Waals surface area contributed by atoms with Crippen LogP contribution in [0, 0.1) is 12.8 Å². The Balaban J connectivity index is 1.54. The van der Waals surface area contributed by atoms with E-state index in [1.165, 1.54) is 22.0 Å². The first-order valence-corrected chi connectivity index (χ1v) is 13.2. The number of anilines is 1. The van der Waals surface area contributed by atoms with Crippen LogP contribution >= 0.6 is 11.6 Å². The Morgan fingerprint density at radius 1 is 1.08 bits per heavy atom. The van der Waals surface area contributed by atoms with E-state index in [2.05, 4.69) is 60.0 Å². The Labute approximate surface area is 219 Å². The molecular formula is C28H36ClN5O2. The van der Waals surface area contributed by atoms with E-state index >= 15 is 0 Å². The van der Waals surface area contributed by atoms with E-state index in [4.69, 9.17) is 26.3 Å². The summed E-state index contributed by atoms with van der Waals surface area (Å²) in [4.78, 5) is 28.5. The number of hydrogen-bond donors (Lipinski definition) is 0. The number of nitrogens with zero attached hydrogens (tertiary/aromatic N) is 5. The SMILES string of the molecule is COC1=N/CCN(c2cccc3cccc(C)c23)CCC(C)/C(N2CCN(C(=O)/C=C/CCl)CC2)=N\1. The van der Waals surface area contributed by atoms with Crippen molar-refractivity contribution in [2.75, 3.05) is 63.7 Å². The van der Waals surface area contributed by atoms with Gasteiger partial charge in [0.2, 0.25) is 5.91 Å². The maximum absolute atomic E-state index is 12.4. The summed E-state index contributed by atoms with van der Waals surface area (Å²) in [6.07, 6.45) is 4.20. The predicted octanol–water partition coefficient (Wildman–Crippen LogP) is 4.33. The number of allylic oxidation sites excluding steroid dienone is 1. The van der Waals surface area contributed by atoms with E-state index in [0.29, 0.717) is 31.5 Å². The molecule has 1 atom stereocenters. The molecule has 2 aromatic rings. The number of aryl methyl sites for hydroxylation is 1. The summed E-state index contributed by atoms with van der Waals surface area (Å²) in [7, 11) is 1.63. The number of alkyl halides is 1. The molecule has 1 saturated heterocycles. The molecule has 0 N–H and O–H groups in total. The summed E-state index contributed by atoms with van der Waals surface area (Å²) in [6, 6.07) is 13.4. The maximum atomic E-state index is 12.4. The summed E-state index contributed by atoms with van der Waals surface area (Å²) in [5.41, 5.74) is 2.54. The van der Waals surface area contributed by atoms with Crippen LogP contribution in [-0.4, -0.2) is 86.4 Å². The van der Waals surface area contributed by atoms with E-state index < -0.39 is 0 Å². The Hall–Kier alpha value is -3.06. The maximum Gasteiger partial charge on any atom is 0.313 e. The Morgan fingerprint density at radius 2 is 1.83 bits per heavy atom. The molecule has 8 heteroatoms. The molecule has 0 spiro atoms. The second kappa shape index (κ2) is 12.3. The molecule has 2 aliphatic heterocycles. The number of hydrogen-bond acceptors (Lipinski definition) is 6. The van der Waals surface area contributed by atoms with E-state index in [0.717, 1.165) is 38.4 Å². The number of ether oxygens (including phenoxy) is 1. The van der Waals surface area contributed by atoms with E-state index in [1.54, 1.807) is 19.3 Å². The molecule has 1 unspecified atom stereocenters. The smallest absolute Gasteiger partial charge is 0.313 e. The third kappa shape index (κ3) is 6.01. The highest BCUT2D eigenvalue weighted by Crippen LogP contribution is 2.30.